The first kappa shape index (κ1) is 22.1. The molecule has 2 fully saturated rings. The summed E-state index contributed by atoms with van der Waals surface area (Å²) in [6.45, 7) is 5.98. The maximum atomic E-state index is 6.57. The van der Waals surface area contributed by atoms with Gasteiger partial charge in [0.15, 0.2) is 0 Å². The molecule has 0 radical (unpaired) electrons. The highest BCUT2D eigenvalue weighted by Gasteiger charge is 2.34. The maximum absolute atomic E-state index is 6.57. The molecule has 35 heavy (non-hydrogen) atoms. The molecule has 2 aromatic heterocycles. The number of benzene rings is 2. The molecular weight excluding hydrogens is 438 g/mol. The van der Waals surface area contributed by atoms with Crippen LogP contribution in [0.15, 0.2) is 59.0 Å². The highest BCUT2D eigenvalue weighted by molar-refractivity contribution is 6.03. The lowest BCUT2D eigenvalue weighted by Crippen LogP contribution is -2.44. The van der Waals surface area contributed by atoms with Crippen molar-refractivity contribution in [3.63, 3.8) is 0 Å². The lowest BCUT2D eigenvalue weighted by Gasteiger charge is -2.38. The van der Waals surface area contributed by atoms with Gasteiger partial charge < -0.3 is 25.1 Å². The quantitative estimate of drug-likeness (QED) is 0.423. The molecule has 7 heteroatoms. The number of nitrogens with one attached hydrogen (secondary N) is 1. The summed E-state index contributed by atoms with van der Waals surface area (Å²) in [6, 6.07) is 18.8. The highest BCUT2D eigenvalue weighted by atomic mass is 16.5. The lowest BCUT2D eigenvalue weighted by molar-refractivity contribution is 0.253. The van der Waals surface area contributed by atoms with Crippen molar-refractivity contribution in [3.8, 4) is 28.3 Å². The van der Waals surface area contributed by atoms with Crippen LogP contribution in [0.25, 0.3) is 33.6 Å². The molecule has 4 aromatic rings. The number of aromatic nitrogens is 2. The van der Waals surface area contributed by atoms with Crippen molar-refractivity contribution in [2.24, 2.45) is 5.73 Å². The zero-order chi connectivity index (χ0) is 23.8. The van der Waals surface area contributed by atoms with E-state index in [1.807, 2.05) is 25.1 Å². The van der Waals surface area contributed by atoms with Crippen LogP contribution in [-0.4, -0.2) is 42.8 Å². The summed E-state index contributed by atoms with van der Waals surface area (Å²) >= 11 is 0. The van der Waals surface area contributed by atoms with Crippen LogP contribution >= 0.6 is 0 Å². The van der Waals surface area contributed by atoms with E-state index in [-0.39, 0.29) is 5.54 Å². The van der Waals surface area contributed by atoms with Gasteiger partial charge in [0.1, 0.15) is 11.1 Å². The molecule has 7 nitrogen and oxygen atoms in total. The topological polar surface area (TPSA) is 89.4 Å². The average molecular weight is 470 g/mol. The zero-order valence-corrected chi connectivity index (χ0v) is 20.1. The Morgan fingerprint density at radius 1 is 1.00 bits per heavy atom. The summed E-state index contributed by atoms with van der Waals surface area (Å²) in [5.74, 6) is 1.98. The smallest absolute Gasteiger partial charge is 0.236 e. The molecule has 0 spiro atoms. The second-order valence-electron chi connectivity index (χ2n) is 9.44. The normalized spacial score (nSPS) is 17.4. The number of anilines is 1. The fourth-order valence-electron chi connectivity index (χ4n) is 5.09. The minimum absolute atomic E-state index is 0.194. The minimum atomic E-state index is -0.194. The van der Waals surface area contributed by atoms with E-state index in [0.717, 1.165) is 66.9 Å². The van der Waals surface area contributed by atoms with Gasteiger partial charge in [0.05, 0.1) is 6.61 Å². The molecule has 2 aliphatic rings. The molecule has 0 bridgehead atoms. The molecule has 0 unspecified atom stereocenters. The molecule has 3 heterocycles. The molecule has 1 saturated heterocycles. The van der Waals surface area contributed by atoms with Crippen LogP contribution in [0.5, 0.6) is 5.88 Å². The van der Waals surface area contributed by atoms with Crippen molar-refractivity contribution < 1.29 is 9.15 Å². The van der Waals surface area contributed by atoms with Gasteiger partial charge in [-0.1, -0.05) is 54.6 Å². The second-order valence-corrected chi connectivity index (χ2v) is 9.44. The number of nitrogens with two attached hydrogens (primary N) is 1. The van der Waals surface area contributed by atoms with Crippen LogP contribution in [0.1, 0.15) is 31.7 Å². The first-order valence-electron chi connectivity index (χ1n) is 12.5. The fraction of sp³-hybridized carbons (Fsp3) is 0.357. The van der Waals surface area contributed by atoms with E-state index in [1.165, 1.54) is 12.0 Å². The van der Waals surface area contributed by atoms with Gasteiger partial charge in [0.2, 0.25) is 17.5 Å². The third-order valence-electron chi connectivity index (χ3n) is 7.22. The molecule has 0 amide bonds. The predicted molar refractivity (Wildman–Crippen MR) is 139 cm³/mol. The van der Waals surface area contributed by atoms with Crippen molar-refractivity contribution in [1.29, 1.82) is 0 Å². The molecule has 180 valence electrons. The summed E-state index contributed by atoms with van der Waals surface area (Å²) in [5, 5.41) is 4.19. The van der Waals surface area contributed by atoms with Crippen LogP contribution < -0.4 is 20.7 Å². The Balaban J connectivity index is 1.53. The summed E-state index contributed by atoms with van der Waals surface area (Å²) in [4.78, 5) is 11.9. The number of fused-ring (bicyclic) bond motifs is 1. The summed E-state index contributed by atoms with van der Waals surface area (Å²) < 4.78 is 12.6. The van der Waals surface area contributed by atoms with Crippen LogP contribution in [-0.2, 0) is 5.54 Å². The Kier molecular flexibility index (Phi) is 5.66. The molecule has 1 aliphatic carbocycles. The van der Waals surface area contributed by atoms with Gasteiger partial charge in [-0.05, 0) is 37.3 Å². The van der Waals surface area contributed by atoms with Crippen LogP contribution in [0.2, 0.25) is 0 Å². The number of nitrogens with zero attached hydrogens (tertiary/aromatic N) is 3. The van der Waals surface area contributed by atoms with E-state index in [4.69, 9.17) is 24.9 Å². The van der Waals surface area contributed by atoms with Gasteiger partial charge >= 0.3 is 0 Å². The van der Waals surface area contributed by atoms with E-state index in [2.05, 4.69) is 46.6 Å². The number of hydrogen-bond donors (Lipinski definition) is 2. The summed E-state index contributed by atoms with van der Waals surface area (Å²) in [5.41, 5.74) is 11.1. The van der Waals surface area contributed by atoms with Crippen molar-refractivity contribution >= 4 is 17.0 Å². The Morgan fingerprint density at radius 2 is 1.74 bits per heavy atom. The summed E-state index contributed by atoms with van der Waals surface area (Å²) in [6.07, 6.45) is 3.26. The van der Waals surface area contributed by atoms with Crippen molar-refractivity contribution in [1.82, 2.24) is 15.3 Å². The van der Waals surface area contributed by atoms with E-state index in [1.54, 1.807) is 0 Å². The third-order valence-corrected chi connectivity index (χ3v) is 7.22. The average Bonchev–Trinajstić information content (AvgIpc) is 3.28. The molecule has 1 saturated carbocycles. The number of ether oxygens (including phenoxy) is 1. The molecule has 3 N–H and O–H groups in total. The van der Waals surface area contributed by atoms with Crippen molar-refractivity contribution in [2.75, 3.05) is 37.7 Å². The molecule has 1 aliphatic heterocycles. The Bertz CT molecular complexity index is 1320. The van der Waals surface area contributed by atoms with Crippen molar-refractivity contribution in [2.45, 2.75) is 31.7 Å². The molecule has 0 atom stereocenters. The van der Waals surface area contributed by atoms with Gasteiger partial charge in [0.25, 0.3) is 0 Å². The lowest BCUT2D eigenvalue weighted by atomic mass is 9.72. The Hall–Kier alpha value is -3.42. The van der Waals surface area contributed by atoms with Gasteiger partial charge in [0, 0.05) is 42.8 Å². The monoisotopic (exact) mass is 469 g/mol. The number of piperazine rings is 1. The standard InChI is InChI=1S/C28H31N5O2/c1-2-34-25-23-22(19-7-4-3-5-8-19)24(20-9-11-21(12-10-20)28(29)13-6-14-28)35-26(23)32-27(31-25)33-17-15-30-16-18-33/h3-5,7-12,30H,2,6,13-18,29H2,1H3. The first-order chi connectivity index (χ1) is 17.2. The molecular formula is C28H31N5O2. The van der Waals surface area contributed by atoms with Crippen LogP contribution in [0.3, 0.4) is 0 Å². The Morgan fingerprint density at radius 3 is 2.40 bits per heavy atom. The highest BCUT2D eigenvalue weighted by Crippen LogP contribution is 2.45. The zero-order valence-electron chi connectivity index (χ0n) is 20.1. The Labute approximate surface area is 205 Å². The number of hydrogen-bond acceptors (Lipinski definition) is 7. The third kappa shape index (κ3) is 3.94. The second kappa shape index (κ2) is 8.98. The fourth-order valence-corrected chi connectivity index (χ4v) is 5.09. The van der Waals surface area contributed by atoms with Crippen LogP contribution in [0.4, 0.5) is 5.95 Å². The number of rotatable bonds is 6. The number of furan rings is 1. The van der Waals surface area contributed by atoms with E-state index in [9.17, 15) is 0 Å². The molecule has 2 aromatic carbocycles. The molecule has 6 rings (SSSR count). The SMILES string of the molecule is CCOc1nc(N2CCNCC2)nc2oc(-c3ccc(C4(N)CCC4)cc3)c(-c3ccccc3)c12. The van der Waals surface area contributed by atoms with Crippen molar-refractivity contribution in [3.05, 3.63) is 60.2 Å². The van der Waals surface area contributed by atoms with Gasteiger partial charge in [-0.3, -0.25) is 0 Å². The largest absolute Gasteiger partial charge is 0.477 e. The summed E-state index contributed by atoms with van der Waals surface area (Å²) in [7, 11) is 0. The predicted octanol–water partition coefficient (Wildman–Crippen LogP) is 4.70. The minimum Gasteiger partial charge on any atom is -0.477 e. The van der Waals surface area contributed by atoms with E-state index >= 15 is 0 Å². The first-order valence-corrected chi connectivity index (χ1v) is 12.5. The maximum Gasteiger partial charge on any atom is 0.236 e. The van der Waals surface area contributed by atoms with Gasteiger partial charge in [-0.15, -0.1) is 0 Å². The van der Waals surface area contributed by atoms with E-state index in [0.29, 0.717) is 24.1 Å². The van der Waals surface area contributed by atoms with Crippen LogP contribution in [0, 0.1) is 0 Å². The van der Waals surface area contributed by atoms with Gasteiger partial charge in [-0.25, -0.2) is 0 Å². The van der Waals surface area contributed by atoms with E-state index < -0.39 is 0 Å². The van der Waals surface area contributed by atoms with Gasteiger partial charge in [-0.2, -0.15) is 9.97 Å².